The first-order chi connectivity index (χ1) is 9.70. The molecule has 0 radical (unpaired) electrons. The lowest BCUT2D eigenvalue weighted by Gasteiger charge is -2.17. The smallest absolute Gasteiger partial charge is 0.261 e. The van der Waals surface area contributed by atoms with Gasteiger partial charge < -0.3 is 10.1 Å². The van der Waals surface area contributed by atoms with Gasteiger partial charge in [-0.05, 0) is 31.2 Å². The summed E-state index contributed by atoms with van der Waals surface area (Å²) in [5.74, 6) is 0. The Kier molecular flexibility index (Phi) is 5.38. The molecule has 0 bridgehead atoms. The van der Waals surface area contributed by atoms with Crippen molar-refractivity contribution in [2.45, 2.75) is 18.9 Å². The van der Waals surface area contributed by atoms with E-state index in [0.717, 1.165) is 16.5 Å². The molecule has 1 heterocycles. The highest BCUT2D eigenvalue weighted by atomic mass is 19.3. The molecule has 20 heavy (non-hydrogen) atoms. The van der Waals surface area contributed by atoms with Gasteiger partial charge in [-0.1, -0.05) is 18.2 Å². The summed E-state index contributed by atoms with van der Waals surface area (Å²) in [7, 11) is 1.85. The molecule has 1 N–H and O–H groups in total. The molecule has 5 heteroatoms. The number of hydrogen-bond donors (Lipinski definition) is 1. The number of alkyl halides is 2. The Morgan fingerprint density at radius 2 is 2.15 bits per heavy atom. The summed E-state index contributed by atoms with van der Waals surface area (Å²) in [5, 5.41) is 4.26. The van der Waals surface area contributed by atoms with Crippen LogP contribution in [0.3, 0.4) is 0 Å². The van der Waals surface area contributed by atoms with E-state index in [-0.39, 0.29) is 6.04 Å². The highest BCUT2D eigenvalue weighted by Gasteiger charge is 2.11. The third-order valence-electron chi connectivity index (χ3n) is 3.18. The minimum Gasteiger partial charge on any atom is -0.375 e. The van der Waals surface area contributed by atoms with Crippen molar-refractivity contribution in [2.24, 2.45) is 0 Å². The zero-order valence-corrected chi connectivity index (χ0v) is 11.4. The van der Waals surface area contributed by atoms with Crippen molar-refractivity contribution in [3.63, 3.8) is 0 Å². The Morgan fingerprint density at radius 1 is 1.30 bits per heavy atom. The van der Waals surface area contributed by atoms with Gasteiger partial charge in [0, 0.05) is 24.2 Å². The summed E-state index contributed by atoms with van der Waals surface area (Å²) < 4.78 is 28.9. The van der Waals surface area contributed by atoms with Crippen LogP contribution < -0.4 is 5.32 Å². The lowest BCUT2D eigenvalue weighted by atomic mass is 10.0. The molecular weight excluding hydrogens is 262 g/mol. The van der Waals surface area contributed by atoms with E-state index in [1.54, 1.807) is 6.20 Å². The lowest BCUT2D eigenvalue weighted by Crippen LogP contribution is -2.19. The van der Waals surface area contributed by atoms with E-state index in [2.05, 4.69) is 10.3 Å². The van der Waals surface area contributed by atoms with Gasteiger partial charge >= 0.3 is 0 Å². The molecule has 0 fully saturated rings. The van der Waals surface area contributed by atoms with Crippen LogP contribution in [0.15, 0.2) is 36.5 Å². The summed E-state index contributed by atoms with van der Waals surface area (Å²) in [4.78, 5) is 4.32. The average molecular weight is 280 g/mol. The molecule has 0 amide bonds. The minimum absolute atomic E-state index is 0.0686. The third-order valence-corrected chi connectivity index (χ3v) is 3.18. The molecule has 1 aromatic heterocycles. The first-order valence-corrected chi connectivity index (χ1v) is 6.58. The van der Waals surface area contributed by atoms with Gasteiger partial charge in [0.05, 0.1) is 5.52 Å². The van der Waals surface area contributed by atoms with Gasteiger partial charge in [-0.3, -0.25) is 4.98 Å². The molecule has 0 aliphatic rings. The van der Waals surface area contributed by atoms with Gasteiger partial charge in [-0.25, -0.2) is 8.78 Å². The van der Waals surface area contributed by atoms with Crippen molar-refractivity contribution >= 4 is 10.9 Å². The van der Waals surface area contributed by atoms with Crippen LogP contribution in [0, 0.1) is 0 Å². The van der Waals surface area contributed by atoms with Crippen LogP contribution in [0.4, 0.5) is 8.78 Å². The largest absolute Gasteiger partial charge is 0.375 e. The number of benzene rings is 1. The molecular formula is C15H18F2N2O. The van der Waals surface area contributed by atoms with Crippen molar-refractivity contribution in [3.8, 4) is 0 Å². The molecule has 1 aromatic carbocycles. The second-order valence-electron chi connectivity index (χ2n) is 4.55. The molecule has 0 aliphatic carbocycles. The normalized spacial score (nSPS) is 13.0. The molecule has 0 saturated heterocycles. The second kappa shape index (κ2) is 7.26. The molecule has 1 atom stereocenters. The Labute approximate surface area is 117 Å². The van der Waals surface area contributed by atoms with Gasteiger partial charge in [0.2, 0.25) is 0 Å². The molecule has 2 aromatic rings. The highest BCUT2D eigenvalue weighted by molar-refractivity contribution is 5.78. The number of halogens is 2. The van der Waals surface area contributed by atoms with Crippen molar-refractivity contribution < 1.29 is 13.5 Å². The Morgan fingerprint density at radius 3 is 2.90 bits per heavy atom. The van der Waals surface area contributed by atoms with Crippen LogP contribution in [-0.2, 0) is 4.74 Å². The van der Waals surface area contributed by atoms with E-state index in [1.165, 1.54) is 0 Å². The maximum Gasteiger partial charge on any atom is 0.261 e. The van der Waals surface area contributed by atoms with Crippen molar-refractivity contribution in [1.82, 2.24) is 10.3 Å². The molecule has 0 spiro atoms. The standard InChI is InChI=1S/C15H18F2N2O/c1-18-13(6-8-20-10-15(16)17)12-5-4-11-3-2-7-19-14(11)9-12/h2-5,7,9,13,15,18H,6,8,10H2,1H3. The van der Waals surface area contributed by atoms with E-state index in [4.69, 9.17) is 4.74 Å². The van der Waals surface area contributed by atoms with E-state index < -0.39 is 13.0 Å². The number of nitrogens with one attached hydrogen (secondary N) is 1. The first-order valence-electron chi connectivity index (χ1n) is 6.58. The molecule has 3 nitrogen and oxygen atoms in total. The fourth-order valence-electron chi connectivity index (χ4n) is 2.15. The first kappa shape index (κ1) is 14.8. The van der Waals surface area contributed by atoms with Crippen molar-refractivity contribution in [1.29, 1.82) is 0 Å². The van der Waals surface area contributed by atoms with E-state index in [1.807, 2.05) is 37.4 Å². The van der Waals surface area contributed by atoms with Gasteiger partial charge in [0.15, 0.2) is 0 Å². The van der Waals surface area contributed by atoms with E-state index in [9.17, 15) is 8.78 Å². The van der Waals surface area contributed by atoms with Crippen LogP contribution in [0.25, 0.3) is 10.9 Å². The number of aromatic nitrogens is 1. The number of nitrogens with zero attached hydrogens (tertiary/aromatic N) is 1. The predicted molar refractivity (Wildman–Crippen MR) is 75.0 cm³/mol. The number of pyridine rings is 1. The molecule has 0 saturated carbocycles. The van der Waals surface area contributed by atoms with Gasteiger partial charge in [0.1, 0.15) is 6.61 Å². The zero-order valence-electron chi connectivity index (χ0n) is 11.4. The maximum atomic E-state index is 12.0. The van der Waals surface area contributed by atoms with Gasteiger partial charge in [-0.15, -0.1) is 0 Å². The predicted octanol–water partition coefficient (Wildman–Crippen LogP) is 3.17. The Bertz CT molecular complexity index is 548. The third kappa shape index (κ3) is 3.95. The van der Waals surface area contributed by atoms with E-state index in [0.29, 0.717) is 13.0 Å². The molecule has 0 aliphatic heterocycles. The zero-order chi connectivity index (χ0) is 14.4. The fraction of sp³-hybridized carbons (Fsp3) is 0.400. The number of hydrogen-bond acceptors (Lipinski definition) is 3. The van der Waals surface area contributed by atoms with E-state index >= 15 is 0 Å². The highest BCUT2D eigenvalue weighted by Crippen LogP contribution is 2.21. The van der Waals surface area contributed by atoms with Crippen molar-refractivity contribution in [3.05, 3.63) is 42.1 Å². The summed E-state index contributed by atoms with van der Waals surface area (Å²) in [5.41, 5.74) is 2.01. The molecule has 1 unspecified atom stereocenters. The van der Waals surface area contributed by atoms with Gasteiger partial charge in [-0.2, -0.15) is 0 Å². The van der Waals surface area contributed by atoms with Gasteiger partial charge in [0.25, 0.3) is 6.43 Å². The quantitative estimate of drug-likeness (QED) is 0.791. The average Bonchev–Trinajstić information content (AvgIpc) is 2.46. The number of rotatable bonds is 7. The number of ether oxygens (including phenoxy) is 1. The van der Waals surface area contributed by atoms with Crippen LogP contribution in [0.5, 0.6) is 0 Å². The summed E-state index contributed by atoms with van der Waals surface area (Å²) >= 11 is 0. The maximum absolute atomic E-state index is 12.0. The Hall–Kier alpha value is -1.59. The van der Waals surface area contributed by atoms with Crippen LogP contribution in [0.1, 0.15) is 18.0 Å². The van der Waals surface area contributed by atoms with Crippen LogP contribution >= 0.6 is 0 Å². The SMILES string of the molecule is CNC(CCOCC(F)F)c1ccc2cccnc2c1. The monoisotopic (exact) mass is 280 g/mol. The molecule has 108 valence electrons. The number of fused-ring (bicyclic) bond motifs is 1. The topological polar surface area (TPSA) is 34.1 Å². The van der Waals surface area contributed by atoms with Crippen LogP contribution in [0.2, 0.25) is 0 Å². The Balaban J connectivity index is 2.01. The summed E-state index contributed by atoms with van der Waals surface area (Å²) in [6, 6.07) is 10.0. The van der Waals surface area contributed by atoms with Crippen molar-refractivity contribution in [2.75, 3.05) is 20.3 Å². The minimum atomic E-state index is -2.41. The summed E-state index contributed by atoms with van der Waals surface area (Å²) in [6.45, 7) is -0.203. The van der Waals surface area contributed by atoms with Crippen LogP contribution in [-0.4, -0.2) is 31.7 Å². The summed E-state index contributed by atoms with van der Waals surface area (Å²) in [6.07, 6.45) is -0.0127. The second-order valence-corrected chi connectivity index (χ2v) is 4.55. The lowest BCUT2D eigenvalue weighted by molar-refractivity contribution is 0.0145. The fourth-order valence-corrected chi connectivity index (χ4v) is 2.15. The molecule has 2 rings (SSSR count).